The van der Waals surface area contributed by atoms with Crippen LogP contribution in [0, 0.1) is 17.0 Å². The van der Waals surface area contributed by atoms with Crippen LogP contribution in [0.3, 0.4) is 0 Å². The lowest BCUT2D eigenvalue weighted by Gasteiger charge is -2.09. The number of hydrogen-bond acceptors (Lipinski definition) is 4. The first-order chi connectivity index (χ1) is 10.9. The number of ketones is 1. The zero-order valence-corrected chi connectivity index (χ0v) is 13.3. The fourth-order valence-electron chi connectivity index (χ4n) is 2.01. The van der Waals surface area contributed by atoms with Crippen LogP contribution in [0.25, 0.3) is 0 Å². The van der Waals surface area contributed by atoms with Gasteiger partial charge in [-0.2, -0.15) is 0 Å². The second-order valence-electron chi connectivity index (χ2n) is 5.12. The number of carbonyl (C=O) groups is 1. The van der Waals surface area contributed by atoms with Crippen molar-refractivity contribution in [3.05, 3.63) is 81.0 Å². The van der Waals surface area contributed by atoms with Gasteiger partial charge in [-0.1, -0.05) is 48.0 Å². The minimum absolute atomic E-state index is 0.0573. The Kier molecular flexibility index (Phi) is 5.13. The number of benzene rings is 2. The van der Waals surface area contributed by atoms with Gasteiger partial charge in [0.25, 0.3) is 5.69 Å². The first-order valence-corrected chi connectivity index (χ1v) is 7.23. The molecule has 0 atom stereocenters. The summed E-state index contributed by atoms with van der Waals surface area (Å²) < 4.78 is 0. The molecule has 0 aliphatic rings. The Morgan fingerprint density at radius 3 is 2.52 bits per heavy atom. The lowest BCUT2D eigenvalue weighted by molar-refractivity contribution is -0.384. The maximum atomic E-state index is 12.2. The zero-order valence-electron chi connectivity index (χ0n) is 12.5. The number of allylic oxidation sites excluding steroid dienone is 1. The highest BCUT2D eigenvalue weighted by atomic mass is 35.5. The summed E-state index contributed by atoms with van der Waals surface area (Å²) in [6.45, 7) is 5.74. The van der Waals surface area contributed by atoms with Gasteiger partial charge >= 0.3 is 0 Å². The molecule has 0 saturated heterocycles. The number of aryl methyl sites for hydroxylation is 1. The number of nitro groups is 1. The molecular weight excluding hydrogens is 316 g/mol. The van der Waals surface area contributed by atoms with Gasteiger partial charge in [-0.3, -0.25) is 14.9 Å². The van der Waals surface area contributed by atoms with Gasteiger partial charge < -0.3 is 5.32 Å². The molecule has 6 heteroatoms. The average molecular weight is 331 g/mol. The first-order valence-electron chi connectivity index (χ1n) is 6.85. The van der Waals surface area contributed by atoms with Crippen LogP contribution >= 0.6 is 11.6 Å². The van der Waals surface area contributed by atoms with E-state index < -0.39 is 4.92 Å². The van der Waals surface area contributed by atoms with Crippen LogP contribution in [0.2, 0.25) is 5.02 Å². The maximum Gasteiger partial charge on any atom is 0.289 e. The van der Waals surface area contributed by atoms with E-state index in [2.05, 4.69) is 11.9 Å². The molecule has 0 unspecified atom stereocenters. The van der Waals surface area contributed by atoms with Crippen molar-refractivity contribution in [2.45, 2.75) is 13.3 Å². The highest BCUT2D eigenvalue weighted by Crippen LogP contribution is 2.28. The van der Waals surface area contributed by atoms with Crippen molar-refractivity contribution >= 4 is 28.8 Å². The molecule has 0 spiro atoms. The van der Waals surface area contributed by atoms with E-state index in [0.717, 1.165) is 5.56 Å². The van der Waals surface area contributed by atoms with Gasteiger partial charge in [0.2, 0.25) is 0 Å². The van der Waals surface area contributed by atoms with Crippen LogP contribution in [-0.2, 0) is 0 Å². The molecule has 0 heterocycles. The third-order valence-electron chi connectivity index (χ3n) is 3.21. The van der Waals surface area contributed by atoms with Gasteiger partial charge in [0.15, 0.2) is 5.78 Å². The second-order valence-corrected chi connectivity index (χ2v) is 5.53. The van der Waals surface area contributed by atoms with E-state index >= 15 is 0 Å². The molecule has 0 radical (unpaired) electrons. The monoisotopic (exact) mass is 330 g/mol. The molecule has 0 aromatic heterocycles. The smallest absolute Gasteiger partial charge is 0.289 e. The number of anilines is 1. The zero-order chi connectivity index (χ0) is 17.0. The fourth-order valence-corrected chi connectivity index (χ4v) is 2.20. The van der Waals surface area contributed by atoms with Crippen LogP contribution in [-0.4, -0.2) is 10.7 Å². The SMILES string of the molecule is C=C(CC(=O)c1ccc(C)cc1)Nc1ccc(Cl)c([N+](=O)[O-])c1. The maximum absolute atomic E-state index is 12.2. The molecule has 2 aromatic rings. The molecule has 0 fully saturated rings. The molecule has 2 aromatic carbocycles. The molecule has 0 bridgehead atoms. The Hall–Kier alpha value is -2.66. The van der Waals surface area contributed by atoms with Crippen molar-refractivity contribution < 1.29 is 9.72 Å². The summed E-state index contributed by atoms with van der Waals surface area (Å²) in [5.74, 6) is -0.0778. The van der Waals surface area contributed by atoms with Crippen molar-refractivity contribution in [3.63, 3.8) is 0 Å². The molecular formula is C17H15ClN2O3. The largest absolute Gasteiger partial charge is 0.359 e. The molecule has 1 N–H and O–H groups in total. The standard InChI is InChI=1S/C17H15ClN2O3/c1-11-3-5-13(6-4-11)17(21)9-12(2)19-14-7-8-15(18)16(10-14)20(22)23/h3-8,10,19H,2,9H2,1H3. The molecule has 2 rings (SSSR count). The normalized spacial score (nSPS) is 10.2. The summed E-state index contributed by atoms with van der Waals surface area (Å²) in [6, 6.07) is 11.6. The van der Waals surface area contributed by atoms with E-state index in [1.54, 1.807) is 18.2 Å². The number of nitrogens with zero attached hydrogens (tertiary/aromatic N) is 1. The summed E-state index contributed by atoms with van der Waals surface area (Å²) >= 11 is 5.76. The molecule has 0 aliphatic carbocycles. The van der Waals surface area contributed by atoms with Crippen LogP contribution in [0.5, 0.6) is 0 Å². The van der Waals surface area contributed by atoms with Crippen LogP contribution in [0.1, 0.15) is 22.3 Å². The first kappa shape index (κ1) is 16.7. The molecule has 0 saturated carbocycles. The molecule has 0 amide bonds. The number of Topliss-reactive ketones (excluding diaryl/α,β-unsaturated/α-hetero) is 1. The quantitative estimate of drug-likeness (QED) is 0.471. The Labute approximate surface area is 138 Å². The number of rotatable bonds is 6. The number of nitrogens with one attached hydrogen (secondary N) is 1. The summed E-state index contributed by atoms with van der Waals surface area (Å²) in [5, 5.41) is 13.8. The van der Waals surface area contributed by atoms with Gasteiger partial charge in [-0.05, 0) is 19.1 Å². The minimum atomic E-state index is -0.562. The Morgan fingerprint density at radius 1 is 1.26 bits per heavy atom. The van der Waals surface area contributed by atoms with Gasteiger partial charge in [0.1, 0.15) is 5.02 Å². The Balaban J connectivity index is 2.05. The van der Waals surface area contributed by atoms with Crippen LogP contribution in [0.4, 0.5) is 11.4 Å². The number of halogens is 1. The van der Waals surface area contributed by atoms with E-state index in [-0.39, 0.29) is 22.9 Å². The third kappa shape index (κ3) is 4.40. The number of carbonyl (C=O) groups excluding carboxylic acids is 1. The van der Waals surface area contributed by atoms with Gasteiger partial charge in [-0.25, -0.2) is 0 Å². The molecule has 0 aliphatic heterocycles. The fraction of sp³-hybridized carbons (Fsp3) is 0.118. The van der Waals surface area contributed by atoms with Crippen LogP contribution in [0.15, 0.2) is 54.7 Å². The van der Waals surface area contributed by atoms with Crippen molar-refractivity contribution in [1.82, 2.24) is 0 Å². The van der Waals surface area contributed by atoms with Gasteiger partial charge in [0.05, 0.1) is 11.3 Å². The van der Waals surface area contributed by atoms with E-state index in [1.807, 2.05) is 19.1 Å². The number of nitro benzene ring substituents is 1. The number of hydrogen-bond donors (Lipinski definition) is 1. The lowest BCUT2D eigenvalue weighted by Crippen LogP contribution is -2.06. The van der Waals surface area contributed by atoms with Crippen molar-refractivity contribution in [1.29, 1.82) is 0 Å². The van der Waals surface area contributed by atoms with E-state index in [1.165, 1.54) is 12.1 Å². The van der Waals surface area contributed by atoms with Crippen molar-refractivity contribution in [2.75, 3.05) is 5.32 Å². The van der Waals surface area contributed by atoms with E-state index in [4.69, 9.17) is 11.6 Å². The summed E-state index contributed by atoms with van der Waals surface area (Å²) in [7, 11) is 0. The third-order valence-corrected chi connectivity index (χ3v) is 3.53. The lowest BCUT2D eigenvalue weighted by atomic mass is 10.1. The predicted molar refractivity (Wildman–Crippen MR) is 91.0 cm³/mol. The minimum Gasteiger partial charge on any atom is -0.359 e. The van der Waals surface area contributed by atoms with Crippen molar-refractivity contribution in [2.24, 2.45) is 0 Å². The second kappa shape index (κ2) is 7.07. The van der Waals surface area contributed by atoms with E-state index in [0.29, 0.717) is 16.9 Å². The summed E-state index contributed by atoms with van der Waals surface area (Å²) in [4.78, 5) is 22.5. The van der Waals surface area contributed by atoms with Crippen molar-refractivity contribution in [3.8, 4) is 0 Å². The highest BCUT2D eigenvalue weighted by molar-refractivity contribution is 6.32. The molecule has 23 heavy (non-hydrogen) atoms. The topological polar surface area (TPSA) is 72.2 Å². The van der Waals surface area contributed by atoms with Gasteiger partial charge in [0, 0.05) is 23.0 Å². The average Bonchev–Trinajstić information content (AvgIpc) is 2.49. The highest BCUT2D eigenvalue weighted by Gasteiger charge is 2.14. The van der Waals surface area contributed by atoms with Crippen LogP contribution < -0.4 is 5.32 Å². The Morgan fingerprint density at radius 2 is 1.91 bits per heavy atom. The summed E-state index contributed by atoms with van der Waals surface area (Å²) in [6.07, 6.45) is 0.0967. The van der Waals surface area contributed by atoms with E-state index in [9.17, 15) is 14.9 Å². The molecule has 118 valence electrons. The summed E-state index contributed by atoms with van der Waals surface area (Å²) in [5.41, 5.74) is 2.39. The predicted octanol–water partition coefficient (Wildman–Crippen LogP) is 4.76. The van der Waals surface area contributed by atoms with Gasteiger partial charge in [-0.15, -0.1) is 0 Å². The Bertz CT molecular complexity index is 770. The molecule has 5 nitrogen and oxygen atoms in total.